The van der Waals surface area contributed by atoms with Gasteiger partial charge in [0.25, 0.3) is 0 Å². The van der Waals surface area contributed by atoms with Crippen LogP contribution < -0.4 is 29.7 Å². The molecule has 0 radical (unpaired) electrons. The Morgan fingerprint density at radius 1 is 1.10 bits per heavy atom. The van der Waals surface area contributed by atoms with Gasteiger partial charge < -0.3 is 29.7 Å². The molecule has 29 heavy (non-hydrogen) atoms. The molecule has 1 unspecified atom stereocenters. The van der Waals surface area contributed by atoms with Crippen LogP contribution in [-0.2, 0) is 4.79 Å². The molecule has 1 aliphatic rings. The Morgan fingerprint density at radius 3 is 2.59 bits per heavy atom. The van der Waals surface area contributed by atoms with Gasteiger partial charge >= 0.3 is 6.03 Å². The number of hydrogen-bond acceptors (Lipinski definition) is 5. The van der Waals surface area contributed by atoms with Crippen LogP contribution in [0.5, 0.6) is 17.2 Å². The van der Waals surface area contributed by atoms with Crippen LogP contribution in [0.15, 0.2) is 42.5 Å². The van der Waals surface area contributed by atoms with E-state index in [0.29, 0.717) is 41.8 Å². The minimum absolute atomic E-state index is 0.0720. The molecule has 1 fully saturated rings. The lowest BCUT2D eigenvalue weighted by Gasteiger charge is -2.19. The van der Waals surface area contributed by atoms with Gasteiger partial charge in [-0.15, -0.1) is 0 Å². The maximum absolute atomic E-state index is 12.5. The lowest BCUT2D eigenvalue weighted by Crippen LogP contribution is -2.39. The van der Waals surface area contributed by atoms with Gasteiger partial charge in [-0.25, -0.2) is 4.79 Å². The van der Waals surface area contributed by atoms with Gasteiger partial charge in [0.1, 0.15) is 5.75 Å². The second-order valence-corrected chi connectivity index (χ2v) is 6.47. The summed E-state index contributed by atoms with van der Waals surface area (Å²) in [6.07, 6.45) is 0.217. The first-order chi connectivity index (χ1) is 14.0. The number of carbonyl (C=O) groups excluding carboxylic acids is 2. The number of nitrogens with zero attached hydrogens (tertiary/aromatic N) is 1. The second-order valence-electron chi connectivity index (χ2n) is 6.47. The highest BCUT2D eigenvalue weighted by Crippen LogP contribution is 2.33. The van der Waals surface area contributed by atoms with Crippen LogP contribution in [0.1, 0.15) is 13.3 Å². The van der Waals surface area contributed by atoms with Crippen molar-refractivity contribution >= 4 is 23.3 Å². The average Bonchev–Trinajstić information content (AvgIpc) is 3.08. The Kier molecular flexibility index (Phi) is 6.43. The van der Waals surface area contributed by atoms with E-state index < -0.39 is 0 Å². The molecule has 1 aliphatic heterocycles. The number of methoxy groups -OCH3 is 2. The Bertz CT molecular complexity index is 886. The van der Waals surface area contributed by atoms with Crippen LogP contribution in [0.25, 0.3) is 0 Å². The predicted octanol–water partition coefficient (Wildman–Crippen LogP) is 3.03. The first kappa shape index (κ1) is 20.3. The summed E-state index contributed by atoms with van der Waals surface area (Å²) < 4.78 is 16.1. The lowest BCUT2D eigenvalue weighted by molar-refractivity contribution is -0.117. The molecule has 0 saturated carbocycles. The first-order valence-electron chi connectivity index (χ1n) is 9.37. The van der Waals surface area contributed by atoms with Gasteiger partial charge in [0.05, 0.1) is 32.6 Å². The van der Waals surface area contributed by atoms with Gasteiger partial charge in [0, 0.05) is 24.7 Å². The van der Waals surface area contributed by atoms with Crippen LogP contribution in [0.2, 0.25) is 0 Å². The van der Waals surface area contributed by atoms with E-state index in [4.69, 9.17) is 14.2 Å². The van der Waals surface area contributed by atoms with Gasteiger partial charge in [-0.1, -0.05) is 12.1 Å². The van der Waals surface area contributed by atoms with E-state index in [9.17, 15) is 9.59 Å². The van der Waals surface area contributed by atoms with Gasteiger partial charge in [-0.05, 0) is 31.2 Å². The number of para-hydroxylation sites is 2. The number of nitrogens with one attached hydrogen (secondary N) is 2. The summed E-state index contributed by atoms with van der Waals surface area (Å²) in [7, 11) is 3.10. The normalized spacial score (nSPS) is 15.8. The molecule has 1 saturated heterocycles. The number of benzene rings is 2. The van der Waals surface area contributed by atoms with E-state index in [1.807, 2.05) is 19.1 Å². The molecule has 1 heterocycles. The molecule has 0 aliphatic carbocycles. The molecule has 2 N–H and O–H groups in total. The fraction of sp³-hybridized carbons (Fsp3) is 0.333. The molecule has 3 amide bonds. The number of amides is 3. The highest BCUT2D eigenvalue weighted by Gasteiger charge is 2.32. The number of ether oxygens (including phenoxy) is 3. The van der Waals surface area contributed by atoms with Crippen molar-refractivity contribution in [2.75, 3.05) is 37.6 Å². The van der Waals surface area contributed by atoms with Gasteiger partial charge in [0.15, 0.2) is 11.5 Å². The summed E-state index contributed by atoms with van der Waals surface area (Å²) in [5, 5.41) is 5.64. The number of rotatable bonds is 7. The average molecular weight is 399 g/mol. The Hall–Kier alpha value is -3.42. The molecule has 2 aromatic rings. The number of hydrogen-bond donors (Lipinski definition) is 2. The van der Waals surface area contributed by atoms with E-state index >= 15 is 0 Å². The zero-order chi connectivity index (χ0) is 20.8. The second kappa shape index (κ2) is 9.18. The van der Waals surface area contributed by atoms with E-state index in [-0.39, 0.29) is 24.4 Å². The van der Waals surface area contributed by atoms with Crippen molar-refractivity contribution in [1.29, 1.82) is 0 Å². The molecule has 3 rings (SSSR count). The summed E-state index contributed by atoms with van der Waals surface area (Å²) >= 11 is 0. The van der Waals surface area contributed by atoms with Crippen molar-refractivity contribution in [1.82, 2.24) is 5.32 Å². The van der Waals surface area contributed by atoms with E-state index in [1.165, 1.54) is 0 Å². The van der Waals surface area contributed by atoms with Crippen molar-refractivity contribution in [3.63, 3.8) is 0 Å². The van der Waals surface area contributed by atoms with Crippen molar-refractivity contribution < 1.29 is 23.8 Å². The third-order valence-electron chi connectivity index (χ3n) is 4.57. The maximum atomic E-state index is 12.5. The smallest absolute Gasteiger partial charge is 0.319 e. The number of urea groups is 1. The Morgan fingerprint density at radius 2 is 1.86 bits per heavy atom. The summed E-state index contributed by atoms with van der Waals surface area (Å²) in [6, 6.07) is 11.8. The number of carbonyl (C=O) groups is 2. The zero-order valence-corrected chi connectivity index (χ0v) is 16.7. The molecule has 154 valence electrons. The molecule has 2 aromatic carbocycles. The Balaban J connectivity index is 1.64. The minimum Gasteiger partial charge on any atom is -0.493 e. The summed E-state index contributed by atoms with van der Waals surface area (Å²) in [6.45, 7) is 2.75. The third-order valence-corrected chi connectivity index (χ3v) is 4.57. The van der Waals surface area contributed by atoms with Gasteiger partial charge in [0.2, 0.25) is 5.91 Å². The topological polar surface area (TPSA) is 89.1 Å². The zero-order valence-electron chi connectivity index (χ0n) is 16.7. The van der Waals surface area contributed by atoms with E-state index in [1.54, 1.807) is 49.5 Å². The highest BCUT2D eigenvalue weighted by atomic mass is 16.5. The molecular formula is C21H25N3O5. The first-order valence-corrected chi connectivity index (χ1v) is 9.37. The summed E-state index contributed by atoms with van der Waals surface area (Å²) in [4.78, 5) is 26.5. The molecule has 8 heteroatoms. The predicted molar refractivity (Wildman–Crippen MR) is 110 cm³/mol. The monoisotopic (exact) mass is 399 g/mol. The molecule has 0 spiro atoms. The molecule has 8 nitrogen and oxygen atoms in total. The largest absolute Gasteiger partial charge is 0.493 e. The minimum atomic E-state index is -0.385. The van der Waals surface area contributed by atoms with Crippen molar-refractivity contribution in [3.8, 4) is 17.2 Å². The van der Waals surface area contributed by atoms with Crippen molar-refractivity contribution in [2.45, 2.75) is 19.4 Å². The standard InChI is InChI=1S/C21H25N3O5/c1-4-29-17-8-6-5-7-16(17)23-21(26)22-14-11-20(25)24(13-14)15-9-10-18(27-2)19(12-15)28-3/h5-10,12,14H,4,11,13H2,1-3H3,(H2,22,23,26). The van der Waals surface area contributed by atoms with Crippen molar-refractivity contribution in [2.24, 2.45) is 0 Å². The number of anilines is 2. The van der Waals surface area contributed by atoms with Crippen molar-refractivity contribution in [3.05, 3.63) is 42.5 Å². The molecule has 0 aromatic heterocycles. The molecular weight excluding hydrogens is 374 g/mol. The highest BCUT2D eigenvalue weighted by molar-refractivity contribution is 5.98. The lowest BCUT2D eigenvalue weighted by atomic mass is 10.2. The third kappa shape index (κ3) is 4.71. The van der Waals surface area contributed by atoms with E-state index in [2.05, 4.69) is 10.6 Å². The van der Waals surface area contributed by atoms with Crippen LogP contribution >= 0.6 is 0 Å². The maximum Gasteiger partial charge on any atom is 0.319 e. The SMILES string of the molecule is CCOc1ccccc1NC(=O)NC1CC(=O)N(c2ccc(OC)c(OC)c2)C1. The fourth-order valence-electron chi connectivity index (χ4n) is 3.24. The summed E-state index contributed by atoms with van der Waals surface area (Å²) in [5.41, 5.74) is 1.27. The van der Waals surface area contributed by atoms with Crippen LogP contribution in [0.3, 0.4) is 0 Å². The fourth-order valence-corrected chi connectivity index (χ4v) is 3.24. The van der Waals surface area contributed by atoms with Crippen LogP contribution in [0, 0.1) is 0 Å². The summed E-state index contributed by atoms with van der Waals surface area (Å²) in [5.74, 6) is 1.65. The van der Waals surface area contributed by atoms with Gasteiger partial charge in [-0.2, -0.15) is 0 Å². The van der Waals surface area contributed by atoms with Crippen LogP contribution in [0.4, 0.5) is 16.2 Å². The molecule has 0 bridgehead atoms. The quantitative estimate of drug-likeness (QED) is 0.747. The van der Waals surface area contributed by atoms with Crippen LogP contribution in [-0.4, -0.2) is 45.4 Å². The van der Waals surface area contributed by atoms with E-state index in [0.717, 1.165) is 0 Å². The Labute approximate surface area is 169 Å². The van der Waals surface area contributed by atoms with Gasteiger partial charge in [-0.3, -0.25) is 4.79 Å². The molecule has 1 atom stereocenters.